The monoisotopic (exact) mass is 364 g/mol. The third-order valence-corrected chi connectivity index (χ3v) is 5.58. The second-order valence-electron chi connectivity index (χ2n) is 7.77. The second kappa shape index (κ2) is 4.93. The minimum atomic E-state index is 0.129. The van der Waals surface area contributed by atoms with Crippen LogP contribution in [0.1, 0.15) is 25.5 Å². The van der Waals surface area contributed by atoms with Crippen LogP contribution >= 0.6 is 0 Å². The van der Waals surface area contributed by atoms with Gasteiger partial charge in [-0.3, -0.25) is 0 Å². The number of benzene rings is 1. The molecule has 6 rings (SSSR count). The Labute approximate surface area is 154 Å². The van der Waals surface area contributed by atoms with E-state index in [1.54, 1.807) is 4.68 Å². The Hall–Kier alpha value is -3.23. The number of aromatic nitrogens is 6. The molecule has 0 atom stereocenters. The van der Waals surface area contributed by atoms with E-state index in [4.69, 9.17) is 0 Å². The molecule has 3 aromatic rings. The fourth-order valence-corrected chi connectivity index (χ4v) is 3.83. The topological polar surface area (TPSA) is 67.9 Å². The first-order valence-electron chi connectivity index (χ1n) is 9.00. The highest BCUT2D eigenvalue weighted by atomic mass is 19.2. The fraction of sp³-hybridized carbons (Fsp3) is 0.333. The molecule has 0 bridgehead atoms. The van der Waals surface area contributed by atoms with Crippen LogP contribution in [-0.2, 0) is 6.42 Å². The van der Waals surface area contributed by atoms with Crippen molar-refractivity contribution in [3.05, 3.63) is 42.4 Å². The van der Waals surface area contributed by atoms with Gasteiger partial charge in [0.15, 0.2) is 5.82 Å². The molecule has 2 aromatic heterocycles. The van der Waals surface area contributed by atoms with Crippen molar-refractivity contribution >= 4 is 11.5 Å². The molecule has 1 saturated carbocycles. The van der Waals surface area contributed by atoms with Crippen LogP contribution in [0.5, 0.6) is 0 Å². The van der Waals surface area contributed by atoms with E-state index in [1.165, 1.54) is 19.0 Å². The molecule has 27 heavy (non-hydrogen) atoms. The van der Waals surface area contributed by atoms with E-state index in [9.17, 15) is 4.48 Å². The van der Waals surface area contributed by atoms with Crippen LogP contribution in [0.2, 0.25) is 0 Å². The van der Waals surface area contributed by atoms with Crippen molar-refractivity contribution in [3.8, 4) is 17.3 Å². The van der Waals surface area contributed by atoms with E-state index < -0.39 is 0 Å². The average Bonchev–Trinajstić information content (AvgIpc) is 3.06. The van der Waals surface area contributed by atoms with Gasteiger partial charge in [-0.25, -0.2) is 4.57 Å². The molecule has 1 aromatic carbocycles. The molecule has 0 spiro atoms. The molecule has 3 aliphatic rings. The number of rotatable bonds is 3. The van der Waals surface area contributed by atoms with Crippen LogP contribution in [0, 0.1) is 5.41 Å². The largest absolute Gasteiger partial charge is 0.304 e. The lowest BCUT2D eigenvalue weighted by molar-refractivity contribution is 0.104. The molecule has 1 aliphatic carbocycles. The van der Waals surface area contributed by atoms with Gasteiger partial charge in [-0.1, -0.05) is 28.8 Å². The van der Waals surface area contributed by atoms with Crippen LogP contribution in [0.25, 0.3) is 23.2 Å². The molecule has 1 fully saturated rings. The fourth-order valence-electron chi connectivity index (χ4n) is 3.83. The standard InChI is InChI=1S/C18H17FN8/c1-18(6-7-18)8-12-9-26(23-20-12)17-22-21-16-13-4-2-3-5-14(13)25-11-24(19)10-15(25)27(16)17/h2-5,9-10H,6-8,11H2,1H3. The highest BCUT2D eigenvalue weighted by molar-refractivity contribution is 5.89. The number of fused-ring (bicyclic) bond motifs is 6. The smallest absolute Gasteiger partial charge is 0.259 e. The maximum atomic E-state index is 14.1. The number of para-hydroxylation sites is 1. The molecule has 4 heterocycles. The summed E-state index contributed by atoms with van der Waals surface area (Å²) in [4.78, 5) is 1.90. The first kappa shape index (κ1) is 14.9. The summed E-state index contributed by atoms with van der Waals surface area (Å²) < 4.78 is 17.5. The minimum absolute atomic E-state index is 0.129. The summed E-state index contributed by atoms with van der Waals surface area (Å²) in [6.45, 7) is 2.39. The summed E-state index contributed by atoms with van der Waals surface area (Å²) in [6, 6.07) is 7.81. The number of hydrogen-bond donors (Lipinski definition) is 0. The molecule has 0 N–H and O–H groups in total. The SMILES string of the molecule is CC1(Cc2cn(-c3nnc4n3C3=CN(F)CN3c3ccccc3-4)nn2)CC1. The van der Waals surface area contributed by atoms with Crippen molar-refractivity contribution in [2.45, 2.75) is 26.2 Å². The summed E-state index contributed by atoms with van der Waals surface area (Å²) in [6.07, 6.45) is 6.71. The zero-order valence-electron chi connectivity index (χ0n) is 14.7. The van der Waals surface area contributed by atoms with E-state index >= 15 is 0 Å². The first-order valence-corrected chi connectivity index (χ1v) is 9.00. The quantitative estimate of drug-likeness (QED) is 0.666. The molecule has 8 nitrogen and oxygen atoms in total. The van der Waals surface area contributed by atoms with E-state index in [-0.39, 0.29) is 6.67 Å². The maximum Gasteiger partial charge on any atom is 0.259 e. The van der Waals surface area contributed by atoms with Crippen molar-refractivity contribution < 1.29 is 4.48 Å². The summed E-state index contributed by atoms with van der Waals surface area (Å²) in [7, 11) is 0. The van der Waals surface area contributed by atoms with Crippen LogP contribution < -0.4 is 4.90 Å². The Morgan fingerprint density at radius 2 is 2.00 bits per heavy atom. The summed E-state index contributed by atoms with van der Waals surface area (Å²) in [5, 5.41) is 17.9. The Bertz CT molecular complexity index is 1090. The third-order valence-electron chi connectivity index (χ3n) is 5.58. The summed E-state index contributed by atoms with van der Waals surface area (Å²) in [5.41, 5.74) is 3.11. The van der Waals surface area contributed by atoms with E-state index in [0.29, 0.717) is 28.1 Å². The van der Waals surface area contributed by atoms with Gasteiger partial charge in [-0.15, -0.1) is 15.3 Å². The molecule has 9 heteroatoms. The summed E-state index contributed by atoms with van der Waals surface area (Å²) in [5.74, 6) is 1.84. The average molecular weight is 364 g/mol. The molecular weight excluding hydrogens is 347 g/mol. The van der Waals surface area contributed by atoms with Crippen molar-refractivity contribution in [2.75, 3.05) is 11.6 Å². The molecule has 0 saturated heterocycles. The number of nitrogens with zero attached hydrogens (tertiary/aromatic N) is 8. The Balaban J connectivity index is 1.49. The van der Waals surface area contributed by atoms with Gasteiger partial charge < -0.3 is 4.90 Å². The third kappa shape index (κ3) is 2.14. The van der Waals surface area contributed by atoms with Crippen LogP contribution in [-0.4, -0.2) is 41.5 Å². The predicted molar refractivity (Wildman–Crippen MR) is 96.0 cm³/mol. The Kier molecular flexibility index (Phi) is 2.72. The zero-order chi connectivity index (χ0) is 18.2. The molecule has 0 unspecified atom stereocenters. The van der Waals surface area contributed by atoms with Crippen LogP contribution in [0.4, 0.5) is 10.2 Å². The van der Waals surface area contributed by atoms with Gasteiger partial charge in [0.1, 0.15) is 12.5 Å². The second-order valence-corrected chi connectivity index (χ2v) is 7.77. The lowest BCUT2D eigenvalue weighted by Gasteiger charge is -2.29. The number of hydrogen-bond acceptors (Lipinski definition) is 6. The van der Waals surface area contributed by atoms with Crippen molar-refractivity contribution in [1.29, 1.82) is 0 Å². The molecular formula is C18H17FN8. The Morgan fingerprint density at radius 3 is 2.85 bits per heavy atom. The lowest BCUT2D eigenvalue weighted by Crippen LogP contribution is -2.29. The molecule has 0 radical (unpaired) electrons. The highest BCUT2D eigenvalue weighted by Gasteiger charge is 2.39. The van der Waals surface area contributed by atoms with E-state index in [0.717, 1.165) is 23.4 Å². The van der Waals surface area contributed by atoms with Gasteiger partial charge in [0.2, 0.25) is 0 Å². The van der Waals surface area contributed by atoms with Gasteiger partial charge in [0, 0.05) is 5.56 Å². The molecule has 2 aliphatic heterocycles. The van der Waals surface area contributed by atoms with Crippen molar-refractivity contribution in [2.24, 2.45) is 5.41 Å². The number of anilines is 1. The van der Waals surface area contributed by atoms with Gasteiger partial charge in [0.05, 0.1) is 23.8 Å². The number of halogens is 1. The predicted octanol–water partition coefficient (Wildman–Crippen LogP) is 2.60. The van der Waals surface area contributed by atoms with Crippen molar-refractivity contribution in [1.82, 2.24) is 34.9 Å². The van der Waals surface area contributed by atoms with Crippen LogP contribution in [0.15, 0.2) is 36.7 Å². The van der Waals surface area contributed by atoms with Gasteiger partial charge in [-0.05, 0) is 36.8 Å². The summed E-state index contributed by atoms with van der Waals surface area (Å²) >= 11 is 0. The maximum absolute atomic E-state index is 14.1. The zero-order valence-corrected chi connectivity index (χ0v) is 14.7. The molecule has 0 amide bonds. The lowest BCUT2D eigenvalue weighted by atomic mass is 10.0. The van der Waals surface area contributed by atoms with Crippen molar-refractivity contribution in [3.63, 3.8) is 0 Å². The van der Waals surface area contributed by atoms with Gasteiger partial charge in [-0.2, -0.15) is 9.80 Å². The first-order chi connectivity index (χ1) is 13.1. The van der Waals surface area contributed by atoms with E-state index in [1.807, 2.05) is 39.9 Å². The Morgan fingerprint density at radius 1 is 1.15 bits per heavy atom. The molecule has 136 valence electrons. The minimum Gasteiger partial charge on any atom is -0.304 e. The van der Waals surface area contributed by atoms with E-state index in [2.05, 4.69) is 27.4 Å². The highest BCUT2D eigenvalue weighted by Crippen LogP contribution is 2.47. The van der Waals surface area contributed by atoms with Gasteiger partial charge >= 0.3 is 0 Å². The van der Waals surface area contributed by atoms with Gasteiger partial charge in [0.25, 0.3) is 5.95 Å². The normalized spacial score (nSPS) is 18.8. The van der Waals surface area contributed by atoms with Crippen LogP contribution in [0.3, 0.4) is 0 Å².